The molecule has 0 bridgehead atoms. The molecule has 100 valence electrons. The molecule has 0 aliphatic heterocycles. The van der Waals surface area contributed by atoms with Crippen molar-refractivity contribution < 1.29 is 19.0 Å². The van der Waals surface area contributed by atoms with Gasteiger partial charge in [0.25, 0.3) is 0 Å². The van der Waals surface area contributed by atoms with E-state index in [-0.39, 0.29) is 6.10 Å². The molecule has 0 saturated carbocycles. The smallest absolute Gasteiger partial charge is 0.121 e. The Balaban J connectivity index is 2.35. The lowest BCUT2D eigenvalue weighted by Gasteiger charge is -2.11. The highest BCUT2D eigenvalue weighted by Crippen LogP contribution is 2.13. The van der Waals surface area contributed by atoms with Gasteiger partial charge in [-0.1, -0.05) is 12.1 Å². The van der Waals surface area contributed by atoms with Crippen LogP contribution in [-0.2, 0) is 11.3 Å². The lowest BCUT2D eigenvalue weighted by Crippen LogP contribution is -2.07. The minimum absolute atomic E-state index is 0.0931. The standard InChI is InChI=1S/C14H19FO3/c1-11(3-6-13(15)9-16)18-10-12-4-7-14(17-2)8-5-12/h4-8,11,16H,3,9-10H2,1-2H3/t11-/m1/s1. The van der Waals surface area contributed by atoms with E-state index in [1.165, 1.54) is 6.08 Å². The monoisotopic (exact) mass is 254 g/mol. The van der Waals surface area contributed by atoms with Crippen molar-refractivity contribution in [2.45, 2.75) is 26.1 Å². The first kappa shape index (κ1) is 14.7. The molecule has 0 heterocycles. The number of methoxy groups -OCH3 is 1. The van der Waals surface area contributed by atoms with Crippen molar-refractivity contribution in [3.8, 4) is 5.75 Å². The van der Waals surface area contributed by atoms with Gasteiger partial charge >= 0.3 is 0 Å². The van der Waals surface area contributed by atoms with Crippen LogP contribution in [0.25, 0.3) is 0 Å². The minimum Gasteiger partial charge on any atom is -0.497 e. The molecule has 3 nitrogen and oxygen atoms in total. The lowest BCUT2D eigenvalue weighted by atomic mass is 10.2. The van der Waals surface area contributed by atoms with Crippen LogP contribution in [0, 0.1) is 0 Å². The van der Waals surface area contributed by atoms with Crippen LogP contribution in [-0.4, -0.2) is 24.9 Å². The predicted molar refractivity (Wildman–Crippen MR) is 68.1 cm³/mol. The number of aliphatic hydroxyl groups is 1. The summed E-state index contributed by atoms with van der Waals surface area (Å²) in [4.78, 5) is 0. The maximum absolute atomic E-state index is 12.7. The second kappa shape index (κ2) is 7.84. The summed E-state index contributed by atoms with van der Waals surface area (Å²) in [5.74, 6) is 0.287. The van der Waals surface area contributed by atoms with Crippen LogP contribution in [0.5, 0.6) is 5.75 Å². The molecule has 0 spiro atoms. The zero-order valence-electron chi connectivity index (χ0n) is 10.7. The van der Waals surface area contributed by atoms with Crippen molar-refractivity contribution in [3.05, 3.63) is 41.7 Å². The number of ether oxygens (including phenoxy) is 2. The van der Waals surface area contributed by atoms with Gasteiger partial charge in [-0.3, -0.25) is 0 Å². The van der Waals surface area contributed by atoms with E-state index in [1.54, 1.807) is 7.11 Å². The first-order chi connectivity index (χ1) is 8.65. The molecular formula is C14H19FO3. The number of aliphatic hydroxyl groups excluding tert-OH is 1. The van der Waals surface area contributed by atoms with Gasteiger partial charge in [-0.2, -0.15) is 0 Å². The molecule has 0 fully saturated rings. The van der Waals surface area contributed by atoms with Crippen molar-refractivity contribution >= 4 is 0 Å². The zero-order chi connectivity index (χ0) is 13.4. The highest BCUT2D eigenvalue weighted by molar-refractivity contribution is 5.26. The largest absolute Gasteiger partial charge is 0.497 e. The Kier molecular flexibility index (Phi) is 6.39. The number of hydrogen-bond acceptors (Lipinski definition) is 3. The second-order valence-corrected chi connectivity index (χ2v) is 4.01. The van der Waals surface area contributed by atoms with Gasteiger partial charge in [0.05, 0.1) is 26.4 Å². The third-order valence-electron chi connectivity index (χ3n) is 2.52. The van der Waals surface area contributed by atoms with E-state index >= 15 is 0 Å². The molecule has 1 aromatic carbocycles. The van der Waals surface area contributed by atoms with Gasteiger partial charge in [0.15, 0.2) is 0 Å². The van der Waals surface area contributed by atoms with Crippen molar-refractivity contribution in [1.82, 2.24) is 0 Å². The molecule has 4 heteroatoms. The SMILES string of the molecule is COc1ccc(CO[C@H](C)CC=C(F)CO)cc1. The van der Waals surface area contributed by atoms with Crippen LogP contribution >= 0.6 is 0 Å². The van der Waals surface area contributed by atoms with Gasteiger partial charge in [0.2, 0.25) is 0 Å². The fourth-order valence-corrected chi connectivity index (χ4v) is 1.39. The van der Waals surface area contributed by atoms with Crippen molar-refractivity contribution in [1.29, 1.82) is 0 Å². The molecule has 0 radical (unpaired) electrons. The topological polar surface area (TPSA) is 38.7 Å². The molecule has 0 saturated heterocycles. The van der Waals surface area contributed by atoms with E-state index in [0.29, 0.717) is 13.0 Å². The Morgan fingerprint density at radius 3 is 2.61 bits per heavy atom. The van der Waals surface area contributed by atoms with E-state index in [2.05, 4.69) is 0 Å². The highest BCUT2D eigenvalue weighted by atomic mass is 19.1. The Labute approximate surface area is 107 Å². The molecule has 0 aliphatic carbocycles. The summed E-state index contributed by atoms with van der Waals surface area (Å²) in [6.07, 6.45) is 1.70. The Morgan fingerprint density at radius 1 is 1.39 bits per heavy atom. The van der Waals surface area contributed by atoms with Gasteiger partial charge in [0.1, 0.15) is 11.6 Å². The van der Waals surface area contributed by atoms with Gasteiger partial charge in [-0.25, -0.2) is 4.39 Å². The Hall–Kier alpha value is -1.39. The summed E-state index contributed by atoms with van der Waals surface area (Å²) in [5.41, 5.74) is 1.04. The summed E-state index contributed by atoms with van der Waals surface area (Å²) in [6.45, 7) is 1.79. The van der Waals surface area contributed by atoms with Crippen molar-refractivity contribution in [2.75, 3.05) is 13.7 Å². The van der Waals surface area contributed by atoms with E-state index < -0.39 is 12.4 Å². The number of rotatable bonds is 7. The van der Waals surface area contributed by atoms with Gasteiger partial charge < -0.3 is 14.6 Å². The van der Waals surface area contributed by atoms with Crippen LogP contribution < -0.4 is 4.74 Å². The molecule has 1 aromatic rings. The van der Waals surface area contributed by atoms with Crippen molar-refractivity contribution in [3.63, 3.8) is 0 Å². The first-order valence-corrected chi connectivity index (χ1v) is 5.85. The maximum Gasteiger partial charge on any atom is 0.121 e. The molecule has 0 unspecified atom stereocenters. The summed E-state index contributed by atoms with van der Waals surface area (Å²) >= 11 is 0. The predicted octanol–water partition coefficient (Wildman–Crippen LogP) is 2.84. The summed E-state index contributed by atoms with van der Waals surface area (Å²) in [7, 11) is 1.62. The van der Waals surface area contributed by atoms with Gasteiger partial charge in [0, 0.05) is 0 Å². The van der Waals surface area contributed by atoms with E-state index in [4.69, 9.17) is 14.6 Å². The molecule has 0 amide bonds. The van der Waals surface area contributed by atoms with Crippen LogP contribution in [0.4, 0.5) is 4.39 Å². The minimum atomic E-state index is -0.550. The average molecular weight is 254 g/mol. The summed E-state index contributed by atoms with van der Waals surface area (Å²) in [5, 5.41) is 8.51. The van der Waals surface area contributed by atoms with Gasteiger partial charge in [-0.05, 0) is 37.1 Å². The Morgan fingerprint density at radius 2 is 2.06 bits per heavy atom. The van der Waals surface area contributed by atoms with E-state index in [1.807, 2.05) is 31.2 Å². The molecule has 1 rings (SSSR count). The lowest BCUT2D eigenvalue weighted by molar-refractivity contribution is 0.0548. The van der Waals surface area contributed by atoms with E-state index in [9.17, 15) is 4.39 Å². The Bertz CT molecular complexity index is 373. The van der Waals surface area contributed by atoms with Crippen LogP contribution in [0.1, 0.15) is 18.9 Å². The number of halogens is 1. The fraction of sp³-hybridized carbons (Fsp3) is 0.429. The highest BCUT2D eigenvalue weighted by Gasteiger charge is 2.02. The van der Waals surface area contributed by atoms with Crippen molar-refractivity contribution in [2.24, 2.45) is 0 Å². The zero-order valence-corrected chi connectivity index (χ0v) is 10.7. The van der Waals surface area contributed by atoms with Gasteiger partial charge in [-0.15, -0.1) is 0 Å². The van der Waals surface area contributed by atoms with E-state index in [0.717, 1.165) is 11.3 Å². The molecule has 18 heavy (non-hydrogen) atoms. The molecular weight excluding hydrogens is 235 g/mol. The van der Waals surface area contributed by atoms with Crippen LogP contribution in [0.3, 0.4) is 0 Å². The second-order valence-electron chi connectivity index (χ2n) is 4.01. The van der Waals surface area contributed by atoms with Crippen LogP contribution in [0.2, 0.25) is 0 Å². The first-order valence-electron chi connectivity index (χ1n) is 5.85. The normalized spacial score (nSPS) is 13.4. The maximum atomic E-state index is 12.7. The van der Waals surface area contributed by atoms with Crippen LogP contribution in [0.15, 0.2) is 36.2 Å². The average Bonchev–Trinajstić information content (AvgIpc) is 2.42. The number of hydrogen-bond donors (Lipinski definition) is 1. The molecule has 1 atom stereocenters. The summed E-state index contributed by atoms with van der Waals surface area (Å²) in [6, 6.07) is 7.59. The fourth-order valence-electron chi connectivity index (χ4n) is 1.39. The summed E-state index contributed by atoms with van der Waals surface area (Å²) < 4.78 is 23.3. The number of benzene rings is 1. The molecule has 0 aromatic heterocycles. The molecule has 0 aliphatic rings. The third kappa shape index (κ3) is 5.29. The quantitative estimate of drug-likeness (QED) is 0.813. The molecule has 1 N–H and O–H groups in total. The third-order valence-corrected chi connectivity index (χ3v) is 2.52.